The van der Waals surface area contributed by atoms with Crippen LogP contribution in [-0.2, 0) is 11.3 Å². The highest BCUT2D eigenvalue weighted by molar-refractivity contribution is 14.0. The molecule has 1 fully saturated rings. The molecular formula is C22H38IN5O2. The normalized spacial score (nSPS) is 16.0. The zero-order valence-electron chi connectivity index (χ0n) is 19.0. The van der Waals surface area contributed by atoms with E-state index in [2.05, 4.69) is 36.3 Å². The van der Waals surface area contributed by atoms with Crippen molar-refractivity contribution < 1.29 is 9.53 Å². The Hall–Kier alpha value is -1.39. The molecule has 1 unspecified atom stereocenters. The van der Waals surface area contributed by atoms with E-state index in [1.165, 1.54) is 0 Å². The summed E-state index contributed by atoms with van der Waals surface area (Å²) in [6, 6.07) is 8.10. The first-order valence-corrected chi connectivity index (χ1v) is 10.6. The van der Waals surface area contributed by atoms with Crippen LogP contribution < -0.4 is 10.6 Å². The average molecular weight is 531 g/mol. The van der Waals surface area contributed by atoms with E-state index < -0.39 is 0 Å². The van der Waals surface area contributed by atoms with Gasteiger partial charge in [0.05, 0.1) is 19.8 Å². The van der Waals surface area contributed by atoms with Crippen molar-refractivity contribution in [2.75, 3.05) is 53.5 Å². The van der Waals surface area contributed by atoms with Crippen LogP contribution in [-0.4, -0.2) is 81.2 Å². The Morgan fingerprint density at radius 2 is 1.80 bits per heavy atom. The molecule has 1 aromatic rings. The highest BCUT2D eigenvalue weighted by atomic mass is 127. The third kappa shape index (κ3) is 8.39. The van der Waals surface area contributed by atoms with Gasteiger partial charge in [-0.1, -0.05) is 26.0 Å². The van der Waals surface area contributed by atoms with Crippen molar-refractivity contribution in [1.29, 1.82) is 0 Å². The minimum atomic E-state index is 0. The smallest absolute Gasteiger partial charge is 0.253 e. The fourth-order valence-corrected chi connectivity index (χ4v) is 3.42. The van der Waals surface area contributed by atoms with E-state index in [1.807, 2.05) is 24.3 Å². The first kappa shape index (κ1) is 26.6. The van der Waals surface area contributed by atoms with Gasteiger partial charge in [-0.05, 0) is 30.5 Å². The quantitative estimate of drug-likeness (QED) is 0.307. The fourth-order valence-electron chi connectivity index (χ4n) is 3.42. The van der Waals surface area contributed by atoms with Crippen LogP contribution in [0.25, 0.3) is 0 Å². The monoisotopic (exact) mass is 531 g/mol. The van der Waals surface area contributed by atoms with E-state index in [4.69, 9.17) is 9.73 Å². The van der Waals surface area contributed by atoms with E-state index in [0.29, 0.717) is 24.1 Å². The van der Waals surface area contributed by atoms with Crippen LogP contribution in [0.15, 0.2) is 29.3 Å². The third-order valence-corrected chi connectivity index (χ3v) is 5.13. The Bertz CT molecular complexity index is 658. The van der Waals surface area contributed by atoms with E-state index in [9.17, 15) is 4.79 Å². The summed E-state index contributed by atoms with van der Waals surface area (Å²) in [7, 11) is 3.52. The molecule has 8 heteroatoms. The maximum atomic E-state index is 12.0. The van der Waals surface area contributed by atoms with Crippen molar-refractivity contribution in [3.05, 3.63) is 35.4 Å². The number of nitrogens with one attached hydrogen (secondary N) is 2. The van der Waals surface area contributed by atoms with Crippen molar-refractivity contribution in [1.82, 2.24) is 20.4 Å². The molecule has 0 radical (unpaired) electrons. The highest BCUT2D eigenvalue weighted by Gasteiger charge is 2.23. The molecule has 1 aliphatic rings. The van der Waals surface area contributed by atoms with Crippen molar-refractivity contribution in [3.8, 4) is 0 Å². The lowest BCUT2D eigenvalue weighted by Gasteiger charge is -2.37. The largest absolute Gasteiger partial charge is 0.379 e. The predicted octanol–water partition coefficient (Wildman–Crippen LogP) is 2.42. The number of ether oxygens (including phenoxy) is 1. The van der Waals surface area contributed by atoms with Gasteiger partial charge in [0.15, 0.2) is 5.96 Å². The highest BCUT2D eigenvalue weighted by Crippen LogP contribution is 2.12. The zero-order chi connectivity index (χ0) is 21.2. The second-order valence-corrected chi connectivity index (χ2v) is 7.93. The van der Waals surface area contributed by atoms with Gasteiger partial charge in [-0.15, -0.1) is 24.0 Å². The SMILES string of the molecule is CCNC(=NCc1ccc(C(=O)N(C)C)cc1)NCC(C(C)C)N1CCOCC1.I. The molecule has 1 saturated heterocycles. The van der Waals surface area contributed by atoms with Crippen LogP contribution in [0, 0.1) is 5.92 Å². The molecule has 0 spiro atoms. The number of carbonyl (C=O) groups is 1. The summed E-state index contributed by atoms with van der Waals surface area (Å²) in [5.74, 6) is 1.38. The molecule has 1 aromatic carbocycles. The summed E-state index contributed by atoms with van der Waals surface area (Å²) in [4.78, 5) is 20.8. The van der Waals surface area contributed by atoms with E-state index >= 15 is 0 Å². The number of rotatable bonds is 8. The number of hydrogen-bond acceptors (Lipinski definition) is 4. The molecule has 0 aromatic heterocycles. The molecule has 7 nitrogen and oxygen atoms in total. The number of morpholine rings is 1. The lowest BCUT2D eigenvalue weighted by Crippen LogP contribution is -2.52. The maximum Gasteiger partial charge on any atom is 0.253 e. The minimum Gasteiger partial charge on any atom is -0.379 e. The second-order valence-electron chi connectivity index (χ2n) is 7.93. The van der Waals surface area contributed by atoms with Crippen molar-refractivity contribution in [2.45, 2.75) is 33.4 Å². The number of carbonyl (C=O) groups excluding carboxylic acids is 1. The van der Waals surface area contributed by atoms with Crippen molar-refractivity contribution in [2.24, 2.45) is 10.9 Å². The predicted molar refractivity (Wildman–Crippen MR) is 134 cm³/mol. The van der Waals surface area contributed by atoms with Gasteiger partial charge in [-0.25, -0.2) is 4.99 Å². The van der Waals surface area contributed by atoms with Crippen LogP contribution in [0.2, 0.25) is 0 Å². The number of benzene rings is 1. The van der Waals surface area contributed by atoms with Crippen molar-refractivity contribution >= 4 is 35.8 Å². The summed E-state index contributed by atoms with van der Waals surface area (Å²) < 4.78 is 5.50. The number of aliphatic imine (C=N–C) groups is 1. The summed E-state index contributed by atoms with van der Waals surface area (Å²) in [5, 5.41) is 6.84. The fraction of sp³-hybridized carbons (Fsp3) is 0.636. The molecule has 2 N–H and O–H groups in total. The molecule has 0 aliphatic carbocycles. The molecule has 1 aliphatic heterocycles. The molecule has 170 valence electrons. The Kier molecular flexibility index (Phi) is 12.3. The van der Waals surface area contributed by atoms with Gasteiger partial charge in [0.2, 0.25) is 0 Å². The van der Waals surface area contributed by atoms with Gasteiger partial charge in [0, 0.05) is 51.9 Å². The molecule has 30 heavy (non-hydrogen) atoms. The van der Waals surface area contributed by atoms with Gasteiger partial charge < -0.3 is 20.3 Å². The molecule has 1 atom stereocenters. The van der Waals surface area contributed by atoms with Crippen molar-refractivity contribution in [3.63, 3.8) is 0 Å². The first-order valence-electron chi connectivity index (χ1n) is 10.6. The zero-order valence-corrected chi connectivity index (χ0v) is 21.3. The Balaban J connectivity index is 0.00000450. The van der Waals surface area contributed by atoms with Gasteiger partial charge in [-0.3, -0.25) is 9.69 Å². The molecule has 1 amide bonds. The number of amides is 1. The van der Waals surface area contributed by atoms with Crippen LogP contribution in [0.4, 0.5) is 0 Å². The number of halogens is 1. The molecule has 0 saturated carbocycles. The molecular weight excluding hydrogens is 493 g/mol. The molecule has 2 rings (SSSR count). The lowest BCUT2D eigenvalue weighted by atomic mass is 10.0. The number of guanidine groups is 1. The van der Waals surface area contributed by atoms with Crippen LogP contribution in [0.3, 0.4) is 0 Å². The Labute approximate surface area is 198 Å². The Morgan fingerprint density at radius 3 is 2.33 bits per heavy atom. The number of nitrogens with zero attached hydrogens (tertiary/aromatic N) is 3. The molecule has 0 bridgehead atoms. The van der Waals surface area contributed by atoms with E-state index in [-0.39, 0.29) is 29.9 Å². The van der Waals surface area contributed by atoms with Gasteiger partial charge >= 0.3 is 0 Å². The van der Waals surface area contributed by atoms with Crippen LogP contribution >= 0.6 is 24.0 Å². The van der Waals surface area contributed by atoms with E-state index in [1.54, 1.807) is 19.0 Å². The first-order chi connectivity index (χ1) is 13.9. The topological polar surface area (TPSA) is 69.2 Å². The minimum absolute atomic E-state index is 0. The van der Waals surface area contributed by atoms with Crippen LogP contribution in [0.5, 0.6) is 0 Å². The second kappa shape index (κ2) is 13.8. The number of hydrogen-bond donors (Lipinski definition) is 2. The van der Waals surface area contributed by atoms with Gasteiger partial charge in [0.1, 0.15) is 0 Å². The lowest BCUT2D eigenvalue weighted by molar-refractivity contribution is 0.00752. The van der Waals surface area contributed by atoms with Gasteiger partial charge in [0.25, 0.3) is 5.91 Å². The third-order valence-electron chi connectivity index (χ3n) is 5.13. The molecule has 1 heterocycles. The average Bonchev–Trinajstić information content (AvgIpc) is 2.72. The summed E-state index contributed by atoms with van der Waals surface area (Å²) in [5.41, 5.74) is 1.77. The Morgan fingerprint density at radius 1 is 1.17 bits per heavy atom. The summed E-state index contributed by atoms with van der Waals surface area (Å²) >= 11 is 0. The summed E-state index contributed by atoms with van der Waals surface area (Å²) in [6.07, 6.45) is 0. The summed E-state index contributed by atoms with van der Waals surface area (Å²) in [6.45, 7) is 12.4. The van der Waals surface area contributed by atoms with E-state index in [0.717, 1.165) is 50.9 Å². The van der Waals surface area contributed by atoms with Crippen LogP contribution in [0.1, 0.15) is 36.7 Å². The van der Waals surface area contributed by atoms with Gasteiger partial charge in [-0.2, -0.15) is 0 Å². The maximum absolute atomic E-state index is 12.0. The standard InChI is InChI=1S/C22H37N5O2.HI/c1-6-23-22(25-16-20(17(2)3)27-11-13-29-14-12-27)24-15-18-7-9-19(10-8-18)21(28)26(4)5;/h7-10,17,20H,6,11-16H2,1-5H3,(H2,23,24,25);1H.